The van der Waals surface area contributed by atoms with Gasteiger partial charge in [0.2, 0.25) is 18.2 Å². The van der Waals surface area contributed by atoms with Crippen LogP contribution in [0, 0.1) is 6.92 Å². The molecule has 0 spiro atoms. The molecule has 64 heavy (non-hydrogen) atoms. The highest BCUT2D eigenvalue weighted by Crippen LogP contribution is 2.43. The van der Waals surface area contributed by atoms with Crippen molar-refractivity contribution in [2.45, 2.75) is 77.9 Å². The van der Waals surface area contributed by atoms with E-state index in [0.717, 1.165) is 70.3 Å². The average molecular weight is 873 g/mol. The van der Waals surface area contributed by atoms with Crippen LogP contribution < -0.4 is 20.9 Å². The number of anilines is 2. The van der Waals surface area contributed by atoms with Gasteiger partial charge in [-0.2, -0.15) is 0 Å². The van der Waals surface area contributed by atoms with Gasteiger partial charge in [0.05, 0.1) is 6.54 Å². The summed E-state index contributed by atoms with van der Waals surface area (Å²) in [5, 5.41) is 12.3. The lowest BCUT2D eigenvalue weighted by Gasteiger charge is -2.33. The molecule has 1 atom stereocenters. The number of benzene rings is 3. The minimum absolute atomic E-state index is 0.0108. The van der Waals surface area contributed by atoms with Crippen molar-refractivity contribution in [1.82, 2.24) is 36.0 Å². The molecule has 1 fully saturated rings. The van der Waals surface area contributed by atoms with Crippen LogP contribution in [0.15, 0.2) is 77.6 Å². The van der Waals surface area contributed by atoms with Crippen LogP contribution in [-0.2, 0) is 33.9 Å². The lowest BCUT2D eigenvalue weighted by molar-refractivity contribution is -0.137. The number of aromatic amines is 1. The number of fused-ring (bicyclic) bond motifs is 3. The second kappa shape index (κ2) is 19.5. The number of carbonyl (C=O) groups excluding carboxylic acids is 5. The molecular weight excluding hydrogens is 823 g/mol. The first-order chi connectivity index (χ1) is 30.9. The van der Waals surface area contributed by atoms with Gasteiger partial charge in [0.25, 0.3) is 12.3 Å². The first-order valence-electron chi connectivity index (χ1n) is 21.1. The first kappa shape index (κ1) is 45.0. The Morgan fingerprint density at radius 3 is 2.44 bits per heavy atom. The number of nitrogens with zero attached hydrogens (tertiary/aromatic N) is 4. The summed E-state index contributed by atoms with van der Waals surface area (Å²) in [6.07, 6.45) is 4.47. The minimum atomic E-state index is -2.61. The highest BCUT2D eigenvalue weighted by atomic mass is 19.3. The number of nitrogens with one attached hydrogen (secondary N) is 4. The van der Waals surface area contributed by atoms with Gasteiger partial charge in [-0.1, -0.05) is 37.2 Å². The van der Waals surface area contributed by atoms with Crippen LogP contribution in [0.4, 0.5) is 20.2 Å². The van der Waals surface area contributed by atoms with Gasteiger partial charge >= 0.3 is 0 Å². The minimum Gasteiger partial charge on any atom is -0.360 e. The lowest BCUT2D eigenvalue weighted by Crippen LogP contribution is -2.52. The molecule has 4 N–H and O–H groups in total. The summed E-state index contributed by atoms with van der Waals surface area (Å²) in [5.74, 6) is -0.302. The summed E-state index contributed by atoms with van der Waals surface area (Å²) in [5.41, 5.74) is 10.0. The second-order valence-corrected chi connectivity index (χ2v) is 16.2. The van der Waals surface area contributed by atoms with Crippen LogP contribution in [0.3, 0.4) is 0 Å². The number of imide groups is 1. The van der Waals surface area contributed by atoms with Crippen molar-refractivity contribution in [3.05, 3.63) is 118 Å². The molecule has 16 heteroatoms. The highest BCUT2D eigenvalue weighted by Gasteiger charge is 2.40. The largest absolute Gasteiger partial charge is 0.360 e. The molecule has 3 aromatic heterocycles. The number of alkyl halides is 2. The van der Waals surface area contributed by atoms with E-state index in [4.69, 9.17) is 4.52 Å². The summed E-state index contributed by atoms with van der Waals surface area (Å²) in [4.78, 5) is 69.6. The number of amides is 4. The zero-order chi connectivity index (χ0) is 45.7. The molecule has 332 valence electrons. The van der Waals surface area contributed by atoms with Crippen molar-refractivity contribution in [3.8, 4) is 22.5 Å². The Morgan fingerprint density at radius 2 is 1.75 bits per heavy atom. The normalized spacial score (nSPS) is 15.6. The molecule has 6 aromatic rings. The van der Waals surface area contributed by atoms with Crippen LogP contribution in [0.5, 0.6) is 0 Å². The molecule has 0 saturated carbocycles. The quantitative estimate of drug-likeness (QED) is 0.0787. The van der Waals surface area contributed by atoms with E-state index in [0.29, 0.717) is 52.1 Å². The predicted octanol–water partition coefficient (Wildman–Crippen LogP) is 7.68. The summed E-state index contributed by atoms with van der Waals surface area (Å²) in [6, 6.07) is 17.7. The van der Waals surface area contributed by atoms with Gasteiger partial charge in [-0.25, -0.2) is 8.78 Å². The number of rotatable bonds is 10. The van der Waals surface area contributed by atoms with E-state index in [-0.39, 0.29) is 42.8 Å². The number of pyridine rings is 1. The Hall–Kier alpha value is -7.07. The SMILES string of the molecule is CNC.Cc1ccc(-c2cc3c(cc2C(F)F)N(c2cc(C(C)C)c4[nH]cc(C=O)c4c2)CCC3)cn1.O=CNCc1cc(-c2cccc3c2CN(C2CCC(=O)NC2=O)C3=O)on1. The van der Waals surface area contributed by atoms with Crippen LogP contribution >= 0.6 is 0 Å². The third kappa shape index (κ3) is 9.18. The predicted molar refractivity (Wildman–Crippen MR) is 238 cm³/mol. The number of aldehydes is 1. The number of piperidine rings is 1. The molecule has 9 rings (SSSR count). The van der Waals surface area contributed by atoms with Gasteiger partial charge in [0, 0.05) is 93.8 Å². The van der Waals surface area contributed by atoms with Crippen molar-refractivity contribution < 1.29 is 37.3 Å². The topological polar surface area (TPSA) is 183 Å². The van der Waals surface area contributed by atoms with Crippen molar-refractivity contribution >= 4 is 52.7 Å². The molecule has 3 aliphatic heterocycles. The summed E-state index contributed by atoms with van der Waals surface area (Å²) in [6.45, 7) is 7.32. The fraction of sp³-hybridized carbons (Fsp3) is 0.312. The first-order valence-corrected chi connectivity index (χ1v) is 21.1. The van der Waals surface area contributed by atoms with E-state index in [1.807, 2.05) is 51.4 Å². The van der Waals surface area contributed by atoms with Crippen LogP contribution in [0.1, 0.15) is 99.8 Å². The number of hydrogen-bond donors (Lipinski definition) is 4. The monoisotopic (exact) mass is 872 g/mol. The Morgan fingerprint density at radius 1 is 0.969 bits per heavy atom. The molecule has 1 saturated heterocycles. The Balaban J connectivity index is 0.000000185. The van der Waals surface area contributed by atoms with Gasteiger partial charge < -0.3 is 29.9 Å². The van der Waals surface area contributed by atoms with Crippen molar-refractivity contribution in [2.24, 2.45) is 0 Å². The molecule has 14 nitrogen and oxygen atoms in total. The Labute approximate surface area is 368 Å². The maximum atomic E-state index is 14.2. The highest BCUT2D eigenvalue weighted by molar-refractivity contribution is 6.06. The van der Waals surface area contributed by atoms with Gasteiger partial charge in [0.1, 0.15) is 11.7 Å². The van der Waals surface area contributed by atoms with E-state index >= 15 is 0 Å². The average Bonchev–Trinajstić information content (AvgIpc) is 4.02. The summed E-state index contributed by atoms with van der Waals surface area (Å²) >= 11 is 0. The van der Waals surface area contributed by atoms with Crippen LogP contribution in [-0.4, -0.2) is 77.1 Å². The van der Waals surface area contributed by atoms with E-state index in [1.54, 1.807) is 36.7 Å². The molecule has 1 unspecified atom stereocenters. The molecular formula is C48H50F2N8O6. The van der Waals surface area contributed by atoms with E-state index in [9.17, 15) is 32.8 Å². The summed E-state index contributed by atoms with van der Waals surface area (Å²) < 4.78 is 33.9. The van der Waals surface area contributed by atoms with Gasteiger partial charge in [-0.3, -0.25) is 34.3 Å². The smallest absolute Gasteiger partial charge is 0.264 e. The third-order valence-electron chi connectivity index (χ3n) is 11.5. The molecule has 0 aliphatic carbocycles. The maximum absolute atomic E-state index is 14.2. The zero-order valence-corrected chi connectivity index (χ0v) is 36.3. The second-order valence-electron chi connectivity index (χ2n) is 16.2. The Kier molecular flexibility index (Phi) is 13.7. The van der Waals surface area contributed by atoms with Crippen LogP contribution in [0.2, 0.25) is 0 Å². The maximum Gasteiger partial charge on any atom is 0.264 e. The molecule has 3 aromatic carbocycles. The molecule has 4 amide bonds. The van der Waals surface area contributed by atoms with E-state index in [1.165, 1.54) is 4.90 Å². The zero-order valence-electron chi connectivity index (χ0n) is 36.3. The standard InChI is InChI=1S/C28H27F2N3O.C18H16N4O5.C2H7N/c1-16(2)22-10-21(11-24-20(15-34)14-32-27(22)24)33-8-4-5-18-9-23(19-7-6-17(3)31-13-19)25(28(29)30)12-26(18)33;23-9-19-7-10-6-15(27-21-10)11-2-1-3-12-13(11)8-22(18(12)26)14-4-5-16(24)20-17(14)25;1-3-2/h6-7,9-16,28,32H,4-5,8H2,1-3H3;1-3,6,9,14H,4-5,7-8H2,(H,19,23)(H,20,24,25);3H,1-2H3. The lowest BCUT2D eigenvalue weighted by atomic mass is 9.91. The molecule has 0 radical (unpaired) electrons. The number of halogens is 2. The number of carbonyl (C=O) groups is 5. The molecule has 3 aliphatic rings. The third-order valence-corrected chi connectivity index (χ3v) is 11.5. The number of H-pyrrole nitrogens is 1. The number of hydrogen-bond acceptors (Lipinski definition) is 10. The Bertz CT molecular complexity index is 2710. The van der Waals surface area contributed by atoms with Crippen molar-refractivity contribution in [3.63, 3.8) is 0 Å². The van der Waals surface area contributed by atoms with Crippen LogP contribution in [0.25, 0.3) is 33.4 Å². The van der Waals surface area contributed by atoms with Gasteiger partial charge in [0.15, 0.2) is 12.0 Å². The van der Waals surface area contributed by atoms with Crippen molar-refractivity contribution in [1.29, 1.82) is 0 Å². The van der Waals surface area contributed by atoms with E-state index in [2.05, 4.69) is 55.9 Å². The summed E-state index contributed by atoms with van der Waals surface area (Å²) in [7, 11) is 3.75. The van der Waals surface area contributed by atoms with Gasteiger partial charge in [-0.15, -0.1) is 0 Å². The fourth-order valence-electron chi connectivity index (χ4n) is 8.43. The van der Waals surface area contributed by atoms with Gasteiger partial charge in [-0.05, 0) is 105 Å². The molecule has 6 heterocycles. The molecule has 0 bridgehead atoms. The van der Waals surface area contributed by atoms with E-state index < -0.39 is 18.4 Å². The fourth-order valence-corrected chi connectivity index (χ4v) is 8.43. The van der Waals surface area contributed by atoms with Crippen molar-refractivity contribution in [2.75, 3.05) is 25.5 Å². The number of aryl methyl sites for hydroxylation is 2. The number of aromatic nitrogens is 3.